The van der Waals surface area contributed by atoms with Crippen molar-refractivity contribution in [2.24, 2.45) is 0 Å². The Morgan fingerprint density at radius 3 is 1.71 bits per heavy atom. The Balaban J connectivity index is 3.09. The topological polar surface area (TPSA) is 63.2 Å². The molecule has 0 aromatic heterocycles. The normalized spacial score (nSPS) is 11.4. The molecule has 0 aromatic carbocycles. The summed E-state index contributed by atoms with van der Waals surface area (Å²) in [6.07, 6.45) is 1.12. The van der Waals surface area contributed by atoms with Crippen LogP contribution in [0.3, 0.4) is 0 Å². The van der Waals surface area contributed by atoms with E-state index < -0.39 is 14.3 Å². The van der Waals surface area contributed by atoms with Gasteiger partial charge in [0.05, 0.1) is 46.2 Å². The van der Waals surface area contributed by atoms with Gasteiger partial charge in [0.1, 0.15) is 6.61 Å². The summed E-state index contributed by atoms with van der Waals surface area (Å²) in [6, 6.07) is 0. The van der Waals surface area contributed by atoms with Crippen LogP contribution < -0.4 is 0 Å². The number of rotatable bonds is 14. The van der Waals surface area contributed by atoms with E-state index in [1.54, 1.807) is 0 Å². The van der Waals surface area contributed by atoms with E-state index in [-0.39, 0.29) is 6.61 Å². The third-order valence-corrected chi connectivity index (χ3v) is 3.22. The summed E-state index contributed by atoms with van der Waals surface area (Å²) in [6.45, 7) is 13.6. The lowest BCUT2D eigenvalue weighted by Gasteiger charge is -2.16. The zero-order valence-corrected chi connectivity index (χ0v) is 14.4. The number of ether oxygens (including phenoxy) is 4. The molecule has 7 heteroatoms. The highest BCUT2D eigenvalue weighted by atomic mass is 28.4. The molecule has 0 aliphatic heterocycles. The number of carbonyl (C=O) groups excluding carboxylic acids is 1. The van der Waals surface area contributed by atoms with Gasteiger partial charge in [0.25, 0.3) is 0 Å². The Labute approximate surface area is 128 Å². The molecule has 0 saturated heterocycles. The van der Waals surface area contributed by atoms with Crippen LogP contribution in [0.15, 0.2) is 12.7 Å². The van der Waals surface area contributed by atoms with E-state index in [9.17, 15) is 4.79 Å². The van der Waals surface area contributed by atoms with Gasteiger partial charge in [0.2, 0.25) is 0 Å². The maximum absolute atomic E-state index is 10.7. The maximum atomic E-state index is 10.7. The fraction of sp³-hybridized carbons (Fsp3) is 0.786. The summed E-state index contributed by atoms with van der Waals surface area (Å²) >= 11 is 0. The largest absolute Gasteiger partial charge is 0.460 e. The molecule has 0 aliphatic rings. The van der Waals surface area contributed by atoms with Gasteiger partial charge in [-0.3, -0.25) is 0 Å². The Bertz CT molecular complexity index is 277. The zero-order chi connectivity index (χ0) is 16.0. The second-order valence-corrected chi connectivity index (χ2v) is 9.68. The van der Waals surface area contributed by atoms with Crippen molar-refractivity contribution < 1.29 is 28.2 Å². The zero-order valence-electron chi connectivity index (χ0n) is 13.4. The molecule has 0 amide bonds. The van der Waals surface area contributed by atoms with Crippen molar-refractivity contribution in [3.8, 4) is 0 Å². The minimum absolute atomic E-state index is 0.227. The maximum Gasteiger partial charge on any atom is 0.330 e. The first-order valence-corrected chi connectivity index (χ1v) is 10.5. The molecular formula is C14H28O6Si. The van der Waals surface area contributed by atoms with Crippen LogP contribution in [0.5, 0.6) is 0 Å². The lowest BCUT2D eigenvalue weighted by molar-refractivity contribution is -0.139. The molecule has 0 radical (unpaired) electrons. The summed E-state index contributed by atoms with van der Waals surface area (Å²) in [4.78, 5) is 10.7. The standard InChI is InChI=1S/C14H28O6Si/c1-5-14(15)19-12-10-17-8-6-16-7-9-18-11-13-20-21(2,3)4/h5H,1,6-13H2,2-4H3. The van der Waals surface area contributed by atoms with Gasteiger partial charge < -0.3 is 23.4 Å². The van der Waals surface area contributed by atoms with E-state index in [0.717, 1.165) is 6.08 Å². The molecule has 0 unspecified atom stereocenters. The molecule has 0 aromatic rings. The van der Waals surface area contributed by atoms with Gasteiger partial charge in [-0.05, 0) is 19.6 Å². The Morgan fingerprint density at radius 2 is 1.29 bits per heavy atom. The van der Waals surface area contributed by atoms with Crippen molar-refractivity contribution in [1.82, 2.24) is 0 Å². The first-order valence-electron chi connectivity index (χ1n) is 7.12. The smallest absolute Gasteiger partial charge is 0.330 e. The number of esters is 1. The summed E-state index contributed by atoms with van der Waals surface area (Å²) in [5, 5.41) is 0. The molecule has 0 heterocycles. The van der Waals surface area contributed by atoms with Crippen LogP contribution in [0.25, 0.3) is 0 Å². The van der Waals surface area contributed by atoms with Crippen LogP contribution in [-0.2, 0) is 28.2 Å². The fourth-order valence-corrected chi connectivity index (χ4v) is 1.90. The van der Waals surface area contributed by atoms with Gasteiger partial charge in [0, 0.05) is 6.08 Å². The van der Waals surface area contributed by atoms with E-state index in [1.165, 1.54) is 0 Å². The molecule has 0 fully saturated rings. The van der Waals surface area contributed by atoms with Crippen LogP contribution >= 0.6 is 0 Å². The molecule has 124 valence electrons. The van der Waals surface area contributed by atoms with Gasteiger partial charge in [-0.25, -0.2) is 4.79 Å². The van der Waals surface area contributed by atoms with Crippen molar-refractivity contribution in [2.75, 3.05) is 52.9 Å². The molecule has 6 nitrogen and oxygen atoms in total. The van der Waals surface area contributed by atoms with E-state index in [4.69, 9.17) is 23.4 Å². The van der Waals surface area contributed by atoms with Crippen molar-refractivity contribution in [3.05, 3.63) is 12.7 Å². The first-order chi connectivity index (χ1) is 9.95. The minimum Gasteiger partial charge on any atom is -0.460 e. The van der Waals surface area contributed by atoms with E-state index in [2.05, 4.69) is 26.2 Å². The highest BCUT2D eigenvalue weighted by Crippen LogP contribution is 2.01. The fourth-order valence-electron chi connectivity index (χ4n) is 1.21. The molecule has 0 bridgehead atoms. The van der Waals surface area contributed by atoms with Crippen LogP contribution in [-0.4, -0.2) is 67.1 Å². The SMILES string of the molecule is C=CC(=O)OCCOCCOCCOCCO[Si](C)(C)C. The third kappa shape index (κ3) is 17.2. The molecule has 0 N–H and O–H groups in total. The summed E-state index contributed by atoms with van der Waals surface area (Å²) in [5.74, 6) is -0.440. The Morgan fingerprint density at radius 1 is 0.857 bits per heavy atom. The Kier molecular flexibility index (Phi) is 12.5. The van der Waals surface area contributed by atoms with Crippen LogP contribution in [0.1, 0.15) is 0 Å². The second kappa shape index (κ2) is 13.0. The van der Waals surface area contributed by atoms with Crippen molar-refractivity contribution in [2.45, 2.75) is 19.6 Å². The second-order valence-electron chi connectivity index (χ2n) is 5.17. The van der Waals surface area contributed by atoms with Gasteiger partial charge in [-0.2, -0.15) is 0 Å². The molecule has 0 spiro atoms. The average Bonchev–Trinajstić information content (AvgIpc) is 2.42. The molecule has 0 aliphatic carbocycles. The number of carbonyl (C=O) groups is 1. The first kappa shape index (κ1) is 20.3. The molecule has 21 heavy (non-hydrogen) atoms. The van der Waals surface area contributed by atoms with Crippen molar-refractivity contribution in [3.63, 3.8) is 0 Å². The van der Waals surface area contributed by atoms with Crippen molar-refractivity contribution >= 4 is 14.3 Å². The predicted octanol–water partition coefficient (Wildman–Crippen LogP) is 1.62. The predicted molar refractivity (Wildman–Crippen MR) is 82.9 cm³/mol. The van der Waals surface area contributed by atoms with Gasteiger partial charge in [0.15, 0.2) is 8.32 Å². The lowest BCUT2D eigenvalue weighted by Crippen LogP contribution is -2.27. The monoisotopic (exact) mass is 320 g/mol. The Hall–Kier alpha value is -0.733. The molecule has 0 rings (SSSR count). The number of hydrogen-bond donors (Lipinski definition) is 0. The molecular weight excluding hydrogens is 292 g/mol. The highest BCUT2D eigenvalue weighted by Gasteiger charge is 2.12. The minimum atomic E-state index is -1.43. The van der Waals surface area contributed by atoms with Gasteiger partial charge in [-0.1, -0.05) is 6.58 Å². The average molecular weight is 320 g/mol. The summed E-state index contributed by atoms with van der Waals surface area (Å²) < 4.78 is 26.3. The van der Waals surface area contributed by atoms with Crippen LogP contribution in [0.2, 0.25) is 19.6 Å². The lowest BCUT2D eigenvalue weighted by atomic mass is 10.6. The van der Waals surface area contributed by atoms with E-state index >= 15 is 0 Å². The van der Waals surface area contributed by atoms with E-state index in [1.807, 2.05) is 0 Å². The summed E-state index contributed by atoms with van der Waals surface area (Å²) in [7, 11) is -1.43. The van der Waals surface area contributed by atoms with E-state index in [0.29, 0.717) is 46.2 Å². The third-order valence-electron chi connectivity index (χ3n) is 2.15. The highest BCUT2D eigenvalue weighted by molar-refractivity contribution is 6.69. The quantitative estimate of drug-likeness (QED) is 0.210. The van der Waals surface area contributed by atoms with Crippen molar-refractivity contribution in [1.29, 1.82) is 0 Å². The number of hydrogen-bond acceptors (Lipinski definition) is 6. The summed E-state index contributed by atoms with van der Waals surface area (Å²) in [5.41, 5.74) is 0. The van der Waals surface area contributed by atoms with Crippen LogP contribution in [0, 0.1) is 0 Å². The van der Waals surface area contributed by atoms with Gasteiger partial charge in [-0.15, -0.1) is 0 Å². The van der Waals surface area contributed by atoms with Crippen LogP contribution in [0.4, 0.5) is 0 Å². The molecule has 0 atom stereocenters. The molecule has 0 saturated carbocycles. The van der Waals surface area contributed by atoms with Gasteiger partial charge >= 0.3 is 5.97 Å².